The van der Waals surface area contributed by atoms with Crippen LogP contribution >= 0.6 is 0 Å². The molecule has 0 saturated carbocycles. The zero-order valence-corrected chi connectivity index (χ0v) is 13.2. The summed E-state index contributed by atoms with van der Waals surface area (Å²) >= 11 is 0. The lowest BCUT2D eigenvalue weighted by atomic mass is 9.96. The van der Waals surface area contributed by atoms with Crippen molar-refractivity contribution in [3.8, 4) is 0 Å². The molecule has 0 aliphatic carbocycles. The van der Waals surface area contributed by atoms with E-state index in [4.69, 9.17) is 4.52 Å². The van der Waals surface area contributed by atoms with Gasteiger partial charge in [0.25, 0.3) is 0 Å². The highest BCUT2D eigenvalue weighted by atomic mass is 16.5. The Morgan fingerprint density at radius 3 is 2.95 bits per heavy atom. The SMILES string of the molecule is Cc1ccccc1Cc1noc(CN2CCC(C)C(O)C2)n1. The zero-order valence-electron chi connectivity index (χ0n) is 13.2. The van der Waals surface area contributed by atoms with Gasteiger partial charge in [0, 0.05) is 13.0 Å². The molecule has 1 aliphatic heterocycles. The second kappa shape index (κ2) is 6.58. The van der Waals surface area contributed by atoms with Crippen LogP contribution in [0, 0.1) is 12.8 Å². The molecule has 118 valence electrons. The van der Waals surface area contributed by atoms with Crippen molar-refractivity contribution in [1.29, 1.82) is 0 Å². The summed E-state index contributed by atoms with van der Waals surface area (Å²) in [6.45, 7) is 6.44. The maximum Gasteiger partial charge on any atom is 0.240 e. The Morgan fingerprint density at radius 2 is 2.18 bits per heavy atom. The van der Waals surface area contributed by atoms with Crippen LogP contribution in [0.3, 0.4) is 0 Å². The highest BCUT2D eigenvalue weighted by Gasteiger charge is 2.25. The van der Waals surface area contributed by atoms with E-state index >= 15 is 0 Å². The molecule has 3 rings (SSSR count). The maximum absolute atomic E-state index is 9.95. The summed E-state index contributed by atoms with van der Waals surface area (Å²) in [5.74, 6) is 1.72. The van der Waals surface area contributed by atoms with Gasteiger partial charge in [0.2, 0.25) is 5.89 Å². The van der Waals surface area contributed by atoms with Crippen molar-refractivity contribution in [2.24, 2.45) is 5.92 Å². The molecule has 1 N–H and O–H groups in total. The third-order valence-corrected chi connectivity index (χ3v) is 4.48. The van der Waals surface area contributed by atoms with Crippen molar-refractivity contribution < 1.29 is 9.63 Å². The van der Waals surface area contributed by atoms with Crippen LogP contribution in [0.2, 0.25) is 0 Å². The maximum atomic E-state index is 9.95. The molecule has 2 unspecified atom stereocenters. The van der Waals surface area contributed by atoms with E-state index in [0.717, 1.165) is 18.8 Å². The fourth-order valence-corrected chi connectivity index (χ4v) is 2.85. The van der Waals surface area contributed by atoms with Gasteiger partial charge in [-0.3, -0.25) is 4.90 Å². The van der Waals surface area contributed by atoms with Crippen molar-refractivity contribution in [1.82, 2.24) is 15.0 Å². The van der Waals surface area contributed by atoms with Crippen LogP contribution in [-0.4, -0.2) is 39.3 Å². The Bertz CT molecular complexity index is 626. The van der Waals surface area contributed by atoms with Gasteiger partial charge in [0.05, 0.1) is 12.6 Å². The van der Waals surface area contributed by atoms with Crippen LogP contribution in [-0.2, 0) is 13.0 Å². The van der Waals surface area contributed by atoms with Gasteiger partial charge in [-0.25, -0.2) is 0 Å². The molecule has 0 bridgehead atoms. The van der Waals surface area contributed by atoms with Gasteiger partial charge < -0.3 is 9.63 Å². The van der Waals surface area contributed by atoms with E-state index in [1.807, 2.05) is 12.1 Å². The third-order valence-electron chi connectivity index (χ3n) is 4.48. The van der Waals surface area contributed by atoms with Crippen LogP contribution in [0.1, 0.15) is 36.2 Å². The first-order valence-electron chi connectivity index (χ1n) is 7.88. The van der Waals surface area contributed by atoms with Crippen molar-refractivity contribution >= 4 is 0 Å². The lowest BCUT2D eigenvalue weighted by molar-refractivity contribution is 0.0220. The van der Waals surface area contributed by atoms with Crippen LogP contribution in [0.4, 0.5) is 0 Å². The number of aromatic nitrogens is 2. The number of aryl methyl sites for hydroxylation is 1. The molecule has 2 heterocycles. The van der Waals surface area contributed by atoms with Gasteiger partial charge in [0.15, 0.2) is 5.82 Å². The molecule has 2 aromatic rings. The molecule has 2 atom stereocenters. The monoisotopic (exact) mass is 301 g/mol. The number of aliphatic hydroxyl groups excluding tert-OH is 1. The lowest BCUT2D eigenvalue weighted by Gasteiger charge is -2.33. The summed E-state index contributed by atoms with van der Waals surface area (Å²) in [5.41, 5.74) is 2.46. The Balaban J connectivity index is 1.61. The number of hydrogen-bond acceptors (Lipinski definition) is 5. The topological polar surface area (TPSA) is 62.4 Å². The molecule has 0 radical (unpaired) electrons. The summed E-state index contributed by atoms with van der Waals surface area (Å²) in [6.07, 6.45) is 1.43. The van der Waals surface area contributed by atoms with Crippen LogP contribution in [0.5, 0.6) is 0 Å². The van der Waals surface area contributed by atoms with E-state index in [-0.39, 0.29) is 6.10 Å². The van der Waals surface area contributed by atoms with Gasteiger partial charge in [-0.1, -0.05) is 36.3 Å². The fourth-order valence-electron chi connectivity index (χ4n) is 2.85. The largest absolute Gasteiger partial charge is 0.392 e. The third kappa shape index (κ3) is 3.54. The molecule has 1 aromatic heterocycles. The second-order valence-corrected chi connectivity index (χ2v) is 6.28. The molecule has 5 heteroatoms. The van der Waals surface area contributed by atoms with Gasteiger partial charge in [0.1, 0.15) is 0 Å². The Labute approximate surface area is 131 Å². The van der Waals surface area contributed by atoms with Crippen LogP contribution < -0.4 is 0 Å². The average Bonchev–Trinajstić information content (AvgIpc) is 2.93. The molecule has 5 nitrogen and oxygen atoms in total. The first-order valence-corrected chi connectivity index (χ1v) is 7.88. The molecule has 1 fully saturated rings. The number of β-amino-alcohol motifs (C(OH)–C–C–N with tert-alkyl or cyclic N) is 1. The summed E-state index contributed by atoms with van der Waals surface area (Å²) in [7, 11) is 0. The Morgan fingerprint density at radius 1 is 1.36 bits per heavy atom. The van der Waals surface area contributed by atoms with Crippen molar-refractivity contribution in [2.45, 2.75) is 39.3 Å². The minimum atomic E-state index is -0.261. The summed E-state index contributed by atoms with van der Waals surface area (Å²) in [4.78, 5) is 6.66. The van der Waals surface area contributed by atoms with E-state index < -0.39 is 0 Å². The number of likely N-dealkylation sites (tertiary alicyclic amines) is 1. The van der Waals surface area contributed by atoms with Crippen LogP contribution in [0.15, 0.2) is 28.8 Å². The molecular weight excluding hydrogens is 278 g/mol. The molecule has 1 aliphatic rings. The van der Waals surface area contributed by atoms with Crippen molar-refractivity contribution in [3.63, 3.8) is 0 Å². The number of aliphatic hydroxyl groups is 1. The standard InChI is InChI=1S/C17H23N3O2/c1-12-5-3-4-6-14(12)9-16-18-17(22-19-16)11-20-8-7-13(2)15(21)10-20/h3-6,13,15,21H,7-11H2,1-2H3. The Kier molecular flexibility index (Phi) is 4.55. The van der Waals surface area contributed by atoms with Crippen LogP contribution in [0.25, 0.3) is 0 Å². The molecule has 22 heavy (non-hydrogen) atoms. The van der Waals surface area contributed by atoms with E-state index in [0.29, 0.717) is 31.3 Å². The predicted octanol–water partition coefficient (Wildman–Crippen LogP) is 2.17. The highest BCUT2D eigenvalue weighted by Crippen LogP contribution is 2.19. The summed E-state index contributed by atoms with van der Waals surface area (Å²) in [5, 5.41) is 14.0. The molecule has 0 amide bonds. The van der Waals surface area contributed by atoms with Gasteiger partial charge in [-0.2, -0.15) is 4.98 Å². The Hall–Kier alpha value is -1.72. The quantitative estimate of drug-likeness (QED) is 0.937. The van der Waals surface area contributed by atoms with Crippen molar-refractivity contribution in [3.05, 3.63) is 47.1 Å². The van der Waals surface area contributed by atoms with E-state index in [1.165, 1.54) is 11.1 Å². The highest BCUT2D eigenvalue weighted by molar-refractivity contribution is 5.27. The number of hydrogen-bond donors (Lipinski definition) is 1. The average molecular weight is 301 g/mol. The van der Waals surface area contributed by atoms with Gasteiger partial charge in [-0.05, 0) is 36.9 Å². The molecule has 0 spiro atoms. The number of benzene rings is 1. The number of rotatable bonds is 4. The fraction of sp³-hybridized carbons (Fsp3) is 0.529. The van der Waals surface area contributed by atoms with Gasteiger partial charge in [-0.15, -0.1) is 0 Å². The van der Waals surface area contributed by atoms with Gasteiger partial charge >= 0.3 is 0 Å². The normalized spacial score (nSPS) is 22.9. The smallest absolute Gasteiger partial charge is 0.240 e. The first-order chi connectivity index (χ1) is 10.6. The first kappa shape index (κ1) is 15.2. The second-order valence-electron chi connectivity index (χ2n) is 6.28. The number of nitrogens with zero attached hydrogens (tertiary/aromatic N) is 3. The summed E-state index contributed by atoms with van der Waals surface area (Å²) < 4.78 is 5.36. The van der Waals surface area contributed by atoms with E-state index in [1.54, 1.807) is 0 Å². The zero-order chi connectivity index (χ0) is 15.5. The van der Waals surface area contributed by atoms with E-state index in [2.05, 4.69) is 41.0 Å². The van der Waals surface area contributed by atoms with Crippen molar-refractivity contribution in [2.75, 3.05) is 13.1 Å². The lowest BCUT2D eigenvalue weighted by Crippen LogP contribution is -2.42. The minimum absolute atomic E-state index is 0.261. The molecule has 1 saturated heterocycles. The summed E-state index contributed by atoms with van der Waals surface area (Å²) in [6, 6.07) is 8.24. The number of piperidine rings is 1. The molecular formula is C17H23N3O2. The molecule has 1 aromatic carbocycles. The van der Waals surface area contributed by atoms with E-state index in [9.17, 15) is 5.11 Å². The minimum Gasteiger partial charge on any atom is -0.392 e. The predicted molar refractivity (Wildman–Crippen MR) is 83.3 cm³/mol.